The number of benzene rings is 1. The maximum atomic E-state index is 12.7. The van der Waals surface area contributed by atoms with Crippen LogP contribution >= 0.6 is 0 Å². The molecule has 0 bridgehead atoms. The Hall–Kier alpha value is -2.04. The summed E-state index contributed by atoms with van der Waals surface area (Å²) in [6.45, 7) is 4.09. The van der Waals surface area contributed by atoms with Crippen molar-refractivity contribution in [1.82, 2.24) is 9.80 Å². The van der Waals surface area contributed by atoms with E-state index in [1.54, 1.807) is 0 Å². The fourth-order valence-electron chi connectivity index (χ4n) is 4.84. The second-order valence-electron chi connectivity index (χ2n) is 8.61. The first-order valence-electron chi connectivity index (χ1n) is 11.0. The molecule has 4 rings (SSSR count). The van der Waals surface area contributed by atoms with Gasteiger partial charge in [0.25, 0.3) is 5.91 Å². The summed E-state index contributed by atoms with van der Waals surface area (Å²) in [5, 5.41) is 0. The SMILES string of the molecule is O=C(c1ccc(OC[C@@H]2CCCN(C(=O)C3CCCC3)C2)cc1)N1CCCC1. The standard InChI is InChI=1S/C23H32N2O3/c26-22(24-13-3-4-14-24)20-9-11-21(12-10-20)28-17-18-6-5-15-25(16-18)23(27)19-7-1-2-8-19/h9-12,18-19H,1-8,13-17H2/t18-/m1/s1. The van der Waals surface area contributed by atoms with Gasteiger partial charge in [-0.15, -0.1) is 0 Å². The van der Waals surface area contributed by atoms with Gasteiger partial charge in [-0.1, -0.05) is 12.8 Å². The van der Waals surface area contributed by atoms with Gasteiger partial charge in [-0.3, -0.25) is 9.59 Å². The molecule has 28 heavy (non-hydrogen) atoms. The number of rotatable bonds is 5. The highest BCUT2D eigenvalue weighted by Gasteiger charge is 2.30. The zero-order valence-corrected chi connectivity index (χ0v) is 16.8. The van der Waals surface area contributed by atoms with Gasteiger partial charge in [0, 0.05) is 43.6 Å². The lowest BCUT2D eigenvalue weighted by molar-refractivity contribution is -0.137. The van der Waals surface area contributed by atoms with E-state index in [-0.39, 0.29) is 11.8 Å². The van der Waals surface area contributed by atoms with Gasteiger partial charge in [0.1, 0.15) is 5.75 Å². The molecule has 2 saturated heterocycles. The van der Waals surface area contributed by atoms with Crippen LogP contribution in [-0.2, 0) is 4.79 Å². The third kappa shape index (κ3) is 4.50. The minimum Gasteiger partial charge on any atom is -0.493 e. The lowest BCUT2D eigenvalue weighted by Gasteiger charge is -2.34. The Morgan fingerprint density at radius 2 is 1.54 bits per heavy atom. The molecule has 152 valence electrons. The summed E-state index contributed by atoms with van der Waals surface area (Å²) in [5.41, 5.74) is 0.736. The van der Waals surface area contributed by atoms with Crippen LogP contribution in [0.5, 0.6) is 5.75 Å². The van der Waals surface area contributed by atoms with Crippen molar-refractivity contribution in [2.45, 2.75) is 51.4 Å². The maximum absolute atomic E-state index is 12.7. The molecule has 2 aliphatic heterocycles. The first-order valence-corrected chi connectivity index (χ1v) is 11.0. The molecule has 5 nitrogen and oxygen atoms in total. The van der Waals surface area contributed by atoms with Crippen LogP contribution in [0.2, 0.25) is 0 Å². The van der Waals surface area contributed by atoms with Crippen LogP contribution < -0.4 is 4.74 Å². The predicted octanol–water partition coefficient (Wildman–Crippen LogP) is 3.73. The van der Waals surface area contributed by atoms with Crippen molar-refractivity contribution in [2.24, 2.45) is 11.8 Å². The molecule has 3 aliphatic rings. The van der Waals surface area contributed by atoms with E-state index in [2.05, 4.69) is 4.90 Å². The van der Waals surface area contributed by atoms with Crippen LogP contribution in [0.3, 0.4) is 0 Å². The summed E-state index contributed by atoms with van der Waals surface area (Å²) in [6.07, 6.45) is 8.93. The van der Waals surface area contributed by atoms with Gasteiger partial charge in [0.2, 0.25) is 5.91 Å². The van der Waals surface area contributed by atoms with Crippen molar-refractivity contribution in [3.05, 3.63) is 29.8 Å². The highest BCUT2D eigenvalue weighted by molar-refractivity contribution is 5.94. The fourth-order valence-corrected chi connectivity index (χ4v) is 4.84. The number of carbonyl (C=O) groups is 2. The largest absolute Gasteiger partial charge is 0.493 e. The Kier molecular flexibility index (Phi) is 6.18. The Morgan fingerprint density at radius 1 is 0.857 bits per heavy atom. The van der Waals surface area contributed by atoms with E-state index in [4.69, 9.17) is 4.74 Å². The summed E-state index contributed by atoms with van der Waals surface area (Å²) in [4.78, 5) is 29.1. The smallest absolute Gasteiger partial charge is 0.253 e. The van der Waals surface area contributed by atoms with Crippen molar-refractivity contribution in [1.29, 1.82) is 0 Å². The molecule has 0 radical (unpaired) electrons. The average molecular weight is 385 g/mol. The third-order valence-electron chi connectivity index (χ3n) is 6.52. The maximum Gasteiger partial charge on any atom is 0.253 e. The fraction of sp³-hybridized carbons (Fsp3) is 0.652. The van der Waals surface area contributed by atoms with Gasteiger partial charge in [-0.25, -0.2) is 0 Å². The van der Waals surface area contributed by atoms with Crippen LogP contribution in [0.4, 0.5) is 0 Å². The van der Waals surface area contributed by atoms with E-state index >= 15 is 0 Å². The van der Waals surface area contributed by atoms with E-state index in [0.29, 0.717) is 18.4 Å². The highest BCUT2D eigenvalue weighted by atomic mass is 16.5. The number of piperidine rings is 1. The highest BCUT2D eigenvalue weighted by Crippen LogP contribution is 2.29. The van der Waals surface area contributed by atoms with E-state index < -0.39 is 0 Å². The minimum atomic E-state index is 0.123. The van der Waals surface area contributed by atoms with Gasteiger partial charge in [-0.05, 0) is 62.8 Å². The topological polar surface area (TPSA) is 49.9 Å². The van der Waals surface area contributed by atoms with E-state index in [0.717, 1.165) is 76.0 Å². The number of hydrogen-bond donors (Lipinski definition) is 0. The van der Waals surface area contributed by atoms with E-state index in [1.165, 1.54) is 12.8 Å². The van der Waals surface area contributed by atoms with Crippen LogP contribution in [0.15, 0.2) is 24.3 Å². The van der Waals surface area contributed by atoms with Gasteiger partial charge in [0.05, 0.1) is 6.61 Å². The number of likely N-dealkylation sites (tertiary alicyclic amines) is 2. The van der Waals surface area contributed by atoms with Crippen LogP contribution in [0.1, 0.15) is 61.7 Å². The lowest BCUT2D eigenvalue weighted by Crippen LogP contribution is -2.43. The number of hydrogen-bond acceptors (Lipinski definition) is 3. The molecule has 1 aliphatic carbocycles. The summed E-state index contributed by atoms with van der Waals surface area (Å²) >= 11 is 0. The Balaban J connectivity index is 1.26. The van der Waals surface area contributed by atoms with E-state index in [9.17, 15) is 9.59 Å². The van der Waals surface area contributed by atoms with Crippen molar-refractivity contribution >= 4 is 11.8 Å². The van der Waals surface area contributed by atoms with Crippen molar-refractivity contribution in [3.8, 4) is 5.75 Å². The molecule has 0 spiro atoms. The number of ether oxygens (including phenoxy) is 1. The molecule has 2 amide bonds. The summed E-state index contributed by atoms with van der Waals surface area (Å²) in [5.74, 6) is 1.95. The van der Waals surface area contributed by atoms with Crippen molar-refractivity contribution in [3.63, 3.8) is 0 Å². The third-order valence-corrected chi connectivity index (χ3v) is 6.52. The summed E-state index contributed by atoms with van der Waals surface area (Å²) < 4.78 is 6.00. The minimum absolute atomic E-state index is 0.123. The molecule has 1 saturated carbocycles. The first kappa shape index (κ1) is 19.3. The first-order chi connectivity index (χ1) is 13.7. The second-order valence-corrected chi connectivity index (χ2v) is 8.61. The van der Waals surface area contributed by atoms with Gasteiger partial charge >= 0.3 is 0 Å². The monoisotopic (exact) mass is 384 g/mol. The van der Waals surface area contributed by atoms with Gasteiger partial charge in [0.15, 0.2) is 0 Å². The zero-order valence-electron chi connectivity index (χ0n) is 16.8. The predicted molar refractivity (Wildman–Crippen MR) is 108 cm³/mol. The Labute approximate surface area is 168 Å². The van der Waals surface area contributed by atoms with Crippen molar-refractivity contribution < 1.29 is 14.3 Å². The lowest BCUT2D eigenvalue weighted by atomic mass is 9.96. The van der Waals surface area contributed by atoms with Gasteiger partial charge < -0.3 is 14.5 Å². The molecular formula is C23H32N2O3. The molecule has 1 atom stereocenters. The normalized spacial score (nSPS) is 23.2. The van der Waals surface area contributed by atoms with E-state index in [1.807, 2.05) is 29.2 Å². The molecule has 0 aromatic heterocycles. The Morgan fingerprint density at radius 3 is 2.25 bits per heavy atom. The number of nitrogens with zero attached hydrogens (tertiary/aromatic N) is 2. The molecule has 0 unspecified atom stereocenters. The molecule has 2 heterocycles. The second kappa shape index (κ2) is 8.97. The molecule has 5 heteroatoms. The summed E-state index contributed by atoms with van der Waals surface area (Å²) in [7, 11) is 0. The number of carbonyl (C=O) groups excluding carboxylic acids is 2. The van der Waals surface area contributed by atoms with Crippen LogP contribution in [0.25, 0.3) is 0 Å². The van der Waals surface area contributed by atoms with Gasteiger partial charge in [-0.2, -0.15) is 0 Å². The zero-order chi connectivity index (χ0) is 19.3. The quantitative estimate of drug-likeness (QED) is 0.777. The van der Waals surface area contributed by atoms with Crippen molar-refractivity contribution in [2.75, 3.05) is 32.8 Å². The summed E-state index contributed by atoms with van der Waals surface area (Å²) in [6, 6.07) is 7.53. The van der Waals surface area contributed by atoms with Crippen LogP contribution in [-0.4, -0.2) is 54.4 Å². The molecule has 0 N–H and O–H groups in total. The molecule has 1 aromatic rings. The Bertz CT molecular complexity index is 676. The average Bonchev–Trinajstić information content (AvgIpc) is 3.46. The molecule has 1 aromatic carbocycles. The van der Waals surface area contributed by atoms with Crippen LogP contribution in [0, 0.1) is 11.8 Å². The number of amides is 2. The molecule has 3 fully saturated rings. The molecular weight excluding hydrogens is 352 g/mol.